The van der Waals surface area contributed by atoms with Gasteiger partial charge in [0, 0.05) is 0 Å². The molecule has 0 bridgehead atoms. The Labute approximate surface area is 153 Å². The zero-order chi connectivity index (χ0) is 18.1. The standard InChI is InChI=1S/C20H36N4O/c1-6-7-12-23(5)13-18-21-16(2)22-24(18)17-8-10-20(11-9-17)14-19(3,4)15-25-20/h17H,6-15H2,1-5H3. The predicted molar refractivity (Wildman–Crippen MR) is 101 cm³/mol. The van der Waals surface area contributed by atoms with E-state index in [0.29, 0.717) is 11.5 Å². The van der Waals surface area contributed by atoms with Crippen molar-refractivity contribution in [3.63, 3.8) is 0 Å². The Morgan fingerprint density at radius 1 is 1.28 bits per heavy atom. The van der Waals surface area contributed by atoms with Crippen molar-refractivity contribution in [2.45, 2.75) is 90.8 Å². The molecule has 1 aromatic rings. The first-order chi connectivity index (χ1) is 11.8. The highest BCUT2D eigenvalue weighted by Crippen LogP contribution is 2.48. The number of aryl methyl sites for hydroxylation is 1. The Kier molecular flexibility index (Phi) is 5.54. The molecule has 1 spiro atoms. The van der Waals surface area contributed by atoms with Gasteiger partial charge in [-0.25, -0.2) is 9.67 Å². The molecule has 1 aromatic heterocycles. The van der Waals surface area contributed by atoms with Crippen molar-refractivity contribution in [3.8, 4) is 0 Å². The monoisotopic (exact) mass is 348 g/mol. The molecule has 25 heavy (non-hydrogen) atoms. The van der Waals surface area contributed by atoms with Gasteiger partial charge < -0.3 is 4.74 Å². The summed E-state index contributed by atoms with van der Waals surface area (Å²) in [5.74, 6) is 2.03. The van der Waals surface area contributed by atoms with E-state index in [-0.39, 0.29) is 5.60 Å². The highest BCUT2D eigenvalue weighted by Gasteiger charge is 2.46. The Balaban J connectivity index is 1.63. The summed E-state index contributed by atoms with van der Waals surface area (Å²) < 4.78 is 8.50. The third-order valence-electron chi connectivity index (χ3n) is 5.89. The maximum atomic E-state index is 6.27. The molecule has 5 nitrogen and oxygen atoms in total. The zero-order valence-corrected chi connectivity index (χ0v) is 16.8. The van der Waals surface area contributed by atoms with Gasteiger partial charge in [0.15, 0.2) is 0 Å². The molecule has 2 fully saturated rings. The average Bonchev–Trinajstić information content (AvgIpc) is 3.06. The van der Waals surface area contributed by atoms with Crippen LogP contribution in [0.3, 0.4) is 0 Å². The van der Waals surface area contributed by atoms with Gasteiger partial charge >= 0.3 is 0 Å². The van der Waals surface area contributed by atoms with E-state index in [1.54, 1.807) is 0 Å². The Hall–Kier alpha value is -0.940. The molecule has 3 rings (SSSR count). The minimum atomic E-state index is 0.133. The molecule has 1 aliphatic heterocycles. The first kappa shape index (κ1) is 18.8. The fourth-order valence-corrected chi connectivity index (χ4v) is 4.64. The zero-order valence-electron chi connectivity index (χ0n) is 16.8. The molecule has 2 heterocycles. The van der Waals surface area contributed by atoms with Crippen LogP contribution in [0.4, 0.5) is 0 Å². The highest BCUT2D eigenvalue weighted by atomic mass is 16.5. The number of ether oxygens (including phenoxy) is 1. The SMILES string of the molecule is CCCCN(C)Cc1nc(C)nn1C1CCC2(CC1)CC(C)(C)CO2. The molecule has 0 aromatic carbocycles. The van der Waals surface area contributed by atoms with E-state index in [4.69, 9.17) is 14.8 Å². The van der Waals surface area contributed by atoms with E-state index in [1.807, 2.05) is 6.92 Å². The number of hydrogen-bond donors (Lipinski definition) is 0. The molecule has 142 valence electrons. The van der Waals surface area contributed by atoms with Crippen molar-refractivity contribution >= 4 is 0 Å². The van der Waals surface area contributed by atoms with Gasteiger partial charge in [0.05, 0.1) is 24.8 Å². The summed E-state index contributed by atoms with van der Waals surface area (Å²) in [5.41, 5.74) is 0.470. The summed E-state index contributed by atoms with van der Waals surface area (Å²) in [5, 5.41) is 4.75. The molecule has 0 N–H and O–H groups in total. The van der Waals surface area contributed by atoms with Crippen molar-refractivity contribution in [1.82, 2.24) is 19.7 Å². The van der Waals surface area contributed by atoms with Gasteiger partial charge in [-0.05, 0) is 64.5 Å². The van der Waals surface area contributed by atoms with Crippen molar-refractivity contribution < 1.29 is 4.74 Å². The summed E-state index contributed by atoms with van der Waals surface area (Å²) in [6.45, 7) is 11.8. The lowest BCUT2D eigenvalue weighted by atomic mass is 9.75. The van der Waals surface area contributed by atoms with Crippen molar-refractivity contribution in [3.05, 3.63) is 11.6 Å². The van der Waals surface area contributed by atoms with Gasteiger partial charge in [0.2, 0.25) is 0 Å². The Morgan fingerprint density at radius 3 is 2.60 bits per heavy atom. The summed E-state index contributed by atoms with van der Waals surface area (Å²) in [6.07, 6.45) is 8.31. The van der Waals surface area contributed by atoms with Crippen LogP contribution >= 0.6 is 0 Å². The molecule has 1 saturated heterocycles. The lowest BCUT2D eigenvalue weighted by Crippen LogP contribution is -2.35. The van der Waals surface area contributed by atoms with Crippen LogP contribution in [0.15, 0.2) is 0 Å². The lowest BCUT2D eigenvalue weighted by molar-refractivity contribution is -0.0355. The summed E-state index contributed by atoms with van der Waals surface area (Å²) in [7, 11) is 2.19. The van der Waals surface area contributed by atoms with Crippen LogP contribution < -0.4 is 0 Å². The fourth-order valence-electron chi connectivity index (χ4n) is 4.64. The minimum Gasteiger partial charge on any atom is -0.374 e. The van der Waals surface area contributed by atoms with E-state index in [0.717, 1.165) is 57.0 Å². The second-order valence-electron chi connectivity index (χ2n) is 9.16. The van der Waals surface area contributed by atoms with Crippen LogP contribution in [0.5, 0.6) is 0 Å². The average molecular weight is 349 g/mol. The molecule has 2 aliphatic rings. The molecule has 0 amide bonds. The van der Waals surface area contributed by atoms with Crippen LogP contribution in [-0.2, 0) is 11.3 Å². The van der Waals surface area contributed by atoms with E-state index < -0.39 is 0 Å². The quantitative estimate of drug-likeness (QED) is 0.775. The largest absolute Gasteiger partial charge is 0.374 e. The van der Waals surface area contributed by atoms with E-state index in [1.165, 1.54) is 19.3 Å². The van der Waals surface area contributed by atoms with Gasteiger partial charge in [0.25, 0.3) is 0 Å². The first-order valence-corrected chi connectivity index (χ1v) is 10.1. The molecular weight excluding hydrogens is 312 g/mol. The molecule has 1 saturated carbocycles. The van der Waals surface area contributed by atoms with E-state index >= 15 is 0 Å². The fraction of sp³-hybridized carbons (Fsp3) is 0.900. The first-order valence-electron chi connectivity index (χ1n) is 10.1. The maximum absolute atomic E-state index is 6.27. The van der Waals surface area contributed by atoms with Crippen molar-refractivity contribution in [2.24, 2.45) is 5.41 Å². The number of aromatic nitrogens is 3. The normalized spacial score (nSPS) is 29.0. The second kappa shape index (κ2) is 7.36. The molecular formula is C20H36N4O. The van der Waals surface area contributed by atoms with Gasteiger partial charge in [0.1, 0.15) is 11.6 Å². The van der Waals surface area contributed by atoms with Crippen LogP contribution in [0.25, 0.3) is 0 Å². The predicted octanol–water partition coefficient (Wildman–Crippen LogP) is 4.12. The topological polar surface area (TPSA) is 43.2 Å². The summed E-state index contributed by atoms with van der Waals surface area (Å²) in [6, 6.07) is 0.480. The molecule has 0 unspecified atom stereocenters. The van der Waals surface area contributed by atoms with Crippen LogP contribution in [0.1, 0.15) is 83.4 Å². The second-order valence-corrected chi connectivity index (χ2v) is 9.16. The van der Waals surface area contributed by atoms with E-state index in [2.05, 4.69) is 37.4 Å². The Bertz CT molecular complexity index is 572. The van der Waals surface area contributed by atoms with Crippen LogP contribution in [0, 0.1) is 12.3 Å². The van der Waals surface area contributed by atoms with Gasteiger partial charge in [-0.2, -0.15) is 5.10 Å². The number of rotatable bonds is 6. The number of unbranched alkanes of at least 4 members (excludes halogenated alkanes) is 1. The molecule has 0 radical (unpaired) electrons. The lowest BCUT2D eigenvalue weighted by Gasteiger charge is -2.37. The number of nitrogens with zero attached hydrogens (tertiary/aromatic N) is 4. The highest BCUT2D eigenvalue weighted by molar-refractivity contribution is 5.00. The summed E-state index contributed by atoms with van der Waals surface area (Å²) in [4.78, 5) is 7.10. The minimum absolute atomic E-state index is 0.133. The third kappa shape index (κ3) is 4.43. The molecule has 0 atom stereocenters. The number of hydrogen-bond acceptors (Lipinski definition) is 4. The van der Waals surface area contributed by atoms with Gasteiger partial charge in [-0.3, -0.25) is 4.90 Å². The van der Waals surface area contributed by atoms with Crippen LogP contribution in [-0.4, -0.2) is 45.5 Å². The van der Waals surface area contributed by atoms with Crippen molar-refractivity contribution in [2.75, 3.05) is 20.2 Å². The molecule has 1 aliphatic carbocycles. The van der Waals surface area contributed by atoms with Gasteiger partial charge in [-0.1, -0.05) is 27.2 Å². The summed E-state index contributed by atoms with van der Waals surface area (Å²) >= 11 is 0. The third-order valence-corrected chi connectivity index (χ3v) is 5.89. The maximum Gasteiger partial charge on any atom is 0.147 e. The van der Waals surface area contributed by atoms with Crippen molar-refractivity contribution in [1.29, 1.82) is 0 Å². The van der Waals surface area contributed by atoms with E-state index in [9.17, 15) is 0 Å². The van der Waals surface area contributed by atoms with Gasteiger partial charge in [-0.15, -0.1) is 0 Å². The Morgan fingerprint density at radius 2 is 2.00 bits per heavy atom. The molecule has 5 heteroatoms. The van der Waals surface area contributed by atoms with Crippen LogP contribution in [0.2, 0.25) is 0 Å². The smallest absolute Gasteiger partial charge is 0.147 e.